The monoisotopic (exact) mass is 860 g/mol. The Hall–Kier alpha value is -5.70. The maximum absolute atomic E-state index is 14.2. The molecule has 0 spiro atoms. The van der Waals surface area contributed by atoms with Crippen molar-refractivity contribution in [1.29, 1.82) is 0 Å². The molecular formula is C47H46ClFN6O5S. The normalized spacial score (nSPS) is 13.9. The summed E-state index contributed by atoms with van der Waals surface area (Å²) in [6, 6.07) is 27.2. The summed E-state index contributed by atoms with van der Waals surface area (Å²) < 4.78 is 44.4. The molecule has 1 aliphatic heterocycles. The van der Waals surface area contributed by atoms with Crippen LogP contribution in [-0.4, -0.2) is 100 Å². The molecule has 4 heterocycles. The number of aliphatic hydroxyl groups excluding tert-OH is 1. The maximum Gasteiger partial charge on any atom is 0.234 e. The summed E-state index contributed by atoms with van der Waals surface area (Å²) in [6.07, 6.45) is 3.07. The Labute approximate surface area is 363 Å². The van der Waals surface area contributed by atoms with Crippen molar-refractivity contribution in [3.05, 3.63) is 131 Å². The number of benzene rings is 4. The number of aliphatic hydroxyl groups is 1. The number of rotatable bonds is 16. The van der Waals surface area contributed by atoms with Crippen LogP contribution >= 0.6 is 23.1 Å². The summed E-state index contributed by atoms with van der Waals surface area (Å²) in [4.78, 5) is 18.8. The van der Waals surface area contributed by atoms with Crippen LogP contribution in [0, 0.1) is 12.7 Å². The lowest BCUT2D eigenvalue weighted by atomic mass is 9.93. The number of methoxy groups -OCH3 is 1. The zero-order valence-electron chi connectivity index (χ0n) is 34.2. The number of ether oxygens (including phenoxy) is 4. The first kappa shape index (κ1) is 42.0. The number of halogens is 2. The fourth-order valence-electron chi connectivity index (χ4n) is 7.43. The first-order valence-electron chi connectivity index (χ1n) is 20.1. The maximum atomic E-state index is 14.2. The molecule has 1 fully saturated rings. The van der Waals surface area contributed by atoms with E-state index in [4.69, 9.17) is 44.9 Å². The van der Waals surface area contributed by atoms with Gasteiger partial charge >= 0.3 is 0 Å². The predicted molar refractivity (Wildman–Crippen MR) is 237 cm³/mol. The number of hydrogen-bond donors (Lipinski definition) is 1. The van der Waals surface area contributed by atoms with E-state index < -0.39 is 6.10 Å². The molecule has 1 atom stereocenters. The van der Waals surface area contributed by atoms with Gasteiger partial charge < -0.3 is 29.0 Å². The number of nitrogens with zero attached hydrogens (tertiary/aromatic N) is 6. The van der Waals surface area contributed by atoms with E-state index in [0.717, 1.165) is 65.2 Å². The number of hydrogen-bond acceptors (Lipinski definition) is 12. The molecular weight excluding hydrogens is 815 g/mol. The van der Waals surface area contributed by atoms with E-state index in [1.165, 1.54) is 23.7 Å². The molecule has 14 heteroatoms. The van der Waals surface area contributed by atoms with Crippen molar-refractivity contribution in [2.24, 2.45) is 0 Å². The van der Waals surface area contributed by atoms with Gasteiger partial charge in [0.25, 0.3) is 0 Å². The Morgan fingerprint density at radius 2 is 1.64 bits per heavy atom. The van der Waals surface area contributed by atoms with Gasteiger partial charge in [-0.2, -0.15) is 4.37 Å². The van der Waals surface area contributed by atoms with E-state index in [1.54, 1.807) is 31.6 Å². The molecule has 3 aromatic heterocycles. The van der Waals surface area contributed by atoms with Crippen LogP contribution in [0.5, 0.6) is 23.1 Å². The van der Waals surface area contributed by atoms with Crippen molar-refractivity contribution in [1.82, 2.24) is 29.1 Å². The van der Waals surface area contributed by atoms with Gasteiger partial charge in [0, 0.05) is 62.7 Å². The van der Waals surface area contributed by atoms with E-state index in [-0.39, 0.29) is 19.0 Å². The zero-order chi connectivity index (χ0) is 42.3. The van der Waals surface area contributed by atoms with Gasteiger partial charge in [0.15, 0.2) is 5.82 Å². The molecule has 1 aliphatic rings. The molecule has 0 amide bonds. The standard InChI is InChI=1S/C47H46ClFN6O5S/c1-30-36(16-17-40(44(30)48)58-25-24-55-22-20-54(2)21-23-55)42-43-41(27-51-45(42)31-12-14-33(49)15-13-31)61-53-47(43)60-35(28-56)26-32-8-4-6-10-38(32)59-29-34-18-19-50-46(52-34)37-9-5-7-11-39(37)57-3/h4-19,27,35,56H,20-26,28-29H2,1-3H3. The highest BCUT2D eigenvalue weighted by atomic mass is 35.5. The molecule has 4 aromatic carbocycles. The van der Waals surface area contributed by atoms with Crippen LogP contribution in [0.25, 0.3) is 43.9 Å². The third-order valence-electron chi connectivity index (χ3n) is 10.8. The molecule has 1 unspecified atom stereocenters. The van der Waals surface area contributed by atoms with Gasteiger partial charge in [-0.1, -0.05) is 48.0 Å². The van der Waals surface area contributed by atoms with Crippen LogP contribution in [0.3, 0.4) is 0 Å². The van der Waals surface area contributed by atoms with Gasteiger partial charge in [-0.25, -0.2) is 14.4 Å². The largest absolute Gasteiger partial charge is 0.496 e. The molecule has 7 aromatic rings. The van der Waals surface area contributed by atoms with E-state index in [2.05, 4.69) is 21.8 Å². The third-order valence-corrected chi connectivity index (χ3v) is 12.1. The Kier molecular flexibility index (Phi) is 13.3. The summed E-state index contributed by atoms with van der Waals surface area (Å²) >= 11 is 8.33. The van der Waals surface area contributed by atoms with Crippen molar-refractivity contribution in [3.63, 3.8) is 0 Å². The van der Waals surface area contributed by atoms with Crippen molar-refractivity contribution in [3.8, 4) is 56.9 Å². The highest BCUT2D eigenvalue weighted by Gasteiger charge is 2.25. The molecule has 8 rings (SSSR count). The van der Waals surface area contributed by atoms with Gasteiger partial charge in [-0.15, -0.1) is 0 Å². The number of aromatic nitrogens is 4. The minimum Gasteiger partial charge on any atom is -0.496 e. The number of likely N-dealkylation sites (N-methyl/N-ethyl adjacent to an activating group) is 1. The lowest BCUT2D eigenvalue weighted by Crippen LogP contribution is -2.45. The topological polar surface area (TPSA) is 115 Å². The molecule has 314 valence electrons. The average Bonchev–Trinajstić information content (AvgIpc) is 3.70. The van der Waals surface area contributed by atoms with Crippen molar-refractivity contribution < 1.29 is 28.4 Å². The van der Waals surface area contributed by atoms with Gasteiger partial charge in [-0.3, -0.25) is 9.88 Å². The molecule has 0 saturated carbocycles. The lowest BCUT2D eigenvalue weighted by molar-refractivity contribution is 0.113. The molecule has 11 nitrogen and oxygen atoms in total. The number of piperazine rings is 1. The predicted octanol–water partition coefficient (Wildman–Crippen LogP) is 8.78. The summed E-state index contributed by atoms with van der Waals surface area (Å²) in [5.74, 6) is 2.42. The van der Waals surface area contributed by atoms with E-state index in [9.17, 15) is 9.50 Å². The highest BCUT2D eigenvalue weighted by Crippen LogP contribution is 2.46. The second-order valence-corrected chi connectivity index (χ2v) is 16.0. The Morgan fingerprint density at radius 3 is 2.43 bits per heavy atom. The van der Waals surface area contributed by atoms with E-state index in [0.29, 0.717) is 69.3 Å². The molecule has 0 aliphatic carbocycles. The second kappa shape index (κ2) is 19.3. The minimum atomic E-state index is -0.692. The third kappa shape index (κ3) is 9.61. The van der Waals surface area contributed by atoms with Crippen molar-refractivity contribution >= 4 is 33.2 Å². The molecule has 0 bridgehead atoms. The van der Waals surface area contributed by atoms with Crippen molar-refractivity contribution in [2.75, 3.05) is 60.1 Å². The highest BCUT2D eigenvalue weighted by molar-refractivity contribution is 7.13. The van der Waals surface area contributed by atoms with E-state index >= 15 is 0 Å². The smallest absolute Gasteiger partial charge is 0.234 e. The van der Waals surface area contributed by atoms with Crippen molar-refractivity contribution in [2.45, 2.75) is 26.1 Å². The average molecular weight is 861 g/mol. The van der Waals surface area contributed by atoms with Gasteiger partial charge in [0.2, 0.25) is 5.88 Å². The summed E-state index contributed by atoms with van der Waals surface area (Å²) in [7, 11) is 3.76. The van der Waals surface area contributed by atoms with Crippen LogP contribution in [0.1, 0.15) is 16.8 Å². The summed E-state index contributed by atoms with van der Waals surface area (Å²) in [6.45, 7) is 7.23. The Balaban J connectivity index is 1.06. The Morgan fingerprint density at radius 1 is 0.869 bits per heavy atom. The van der Waals surface area contributed by atoms with Crippen LogP contribution in [0.4, 0.5) is 4.39 Å². The Bertz CT molecular complexity index is 2600. The number of fused-ring (bicyclic) bond motifs is 1. The van der Waals surface area contributed by atoms with Gasteiger partial charge in [-0.05, 0) is 96.8 Å². The van der Waals surface area contributed by atoms with Crippen LogP contribution in [-0.2, 0) is 13.0 Å². The van der Waals surface area contributed by atoms with Crippen LogP contribution in [0.15, 0.2) is 103 Å². The fourth-order valence-corrected chi connectivity index (χ4v) is 8.34. The van der Waals surface area contributed by atoms with E-state index in [1.807, 2.05) is 73.7 Å². The molecule has 1 N–H and O–H groups in total. The lowest BCUT2D eigenvalue weighted by Gasteiger charge is -2.32. The SMILES string of the molecule is COc1ccccc1-c1nccc(COc2ccccc2CC(CO)Oc2nsc3cnc(-c4ccc(F)cc4)c(-c4ccc(OCCN5CCN(C)CC5)c(Cl)c4C)c23)n1. The van der Waals surface area contributed by atoms with Crippen LogP contribution in [0.2, 0.25) is 5.02 Å². The molecule has 1 saturated heterocycles. The summed E-state index contributed by atoms with van der Waals surface area (Å²) in [5, 5.41) is 12.0. The fraction of sp³-hybridized carbons (Fsp3) is 0.277. The number of pyridine rings is 1. The first-order valence-corrected chi connectivity index (χ1v) is 21.3. The molecule has 0 radical (unpaired) electrons. The second-order valence-electron chi connectivity index (χ2n) is 14.9. The van der Waals surface area contributed by atoms with Crippen LogP contribution < -0.4 is 18.9 Å². The quantitative estimate of drug-likeness (QED) is 0.101. The number of para-hydroxylation sites is 2. The summed E-state index contributed by atoms with van der Waals surface area (Å²) in [5.41, 5.74) is 5.95. The molecule has 61 heavy (non-hydrogen) atoms. The van der Waals surface area contributed by atoms with Gasteiger partial charge in [0.1, 0.15) is 42.4 Å². The minimum absolute atomic E-state index is 0.188. The zero-order valence-corrected chi connectivity index (χ0v) is 35.8. The van der Waals surface area contributed by atoms with Gasteiger partial charge in [0.05, 0.1) is 45.8 Å². The first-order chi connectivity index (χ1) is 29.8.